The number of para-hydroxylation sites is 1. The molecule has 1 aliphatic heterocycles. The first kappa shape index (κ1) is 15.4. The van der Waals surface area contributed by atoms with Gasteiger partial charge in [-0.1, -0.05) is 18.2 Å². The van der Waals surface area contributed by atoms with Gasteiger partial charge >= 0.3 is 0 Å². The van der Waals surface area contributed by atoms with Crippen molar-refractivity contribution in [2.24, 2.45) is 23.7 Å². The van der Waals surface area contributed by atoms with Crippen LogP contribution in [0.15, 0.2) is 30.3 Å². The van der Waals surface area contributed by atoms with Crippen molar-refractivity contribution in [3.8, 4) is 0 Å². The minimum atomic E-state index is -0.208. The summed E-state index contributed by atoms with van der Waals surface area (Å²) in [4.78, 5) is 27.1. The Morgan fingerprint density at radius 3 is 2.20 bits per heavy atom. The van der Waals surface area contributed by atoms with Crippen LogP contribution in [0.1, 0.15) is 44.9 Å². The Bertz CT molecular complexity index is 664. The summed E-state index contributed by atoms with van der Waals surface area (Å²) in [5.41, 5.74) is 0.937. The zero-order valence-corrected chi connectivity index (χ0v) is 14.6. The molecule has 132 valence electrons. The van der Waals surface area contributed by atoms with Crippen LogP contribution in [0.2, 0.25) is 0 Å². The molecule has 0 aromatic heterocycles. The molecule has 6 rings (SSSR count). The minimum Gasteiger partial charge on any atom is -0.350 e. The molecule has 1 aromatic rings. The van der Waals surface area contributed by atoms with Crippen molar-refractivity contribution < 1.29 is 9.59 Å². The first-order valence-electron chi connectivity index (χ1n) is 9.78. The molecule has 1 heterocycles. The highest BCUT2D eigenvalue weighted by atomic mass is 16.2. The summed E-state index contributed by atoms with van der Waals surface area (Å²) in [6.07, 6.45) is 7.94. The molecular formula is C21H26N2O2. The zero-order valence-electron chi connectivity index (χ0n) is 14.6. The van der Waals surface area contributed by atoms with E-state index in [0.29, 0.717) is 13.0 Å². The highest BCUT2D eigenvalue weighted by Crippen LogP contribution is 2.55. The van der Waals surface area contributed by atoms with Crippen LogP contribution in [0.3, 0.4) is 0 Å². The number of nitrogens with one attached hydrogen (secondary N) is 1. The van der Waals surface area contributed by atoms with E-state index in [4.69, 9.17) is 0 Å². The molecule has 4 nitrogen and oxygen atoms in total. The topological polar surface area (TPSA) is 49.4 Å². The van der Waals surface area contributed by atoms with E-state index in [1.165, 1.54) is 19.3 Å². The fourth-order valence-electron chi connectivity index (χ4n) is 6.37. The van der Waals surface area contributed by atoms with Crippen molar-refractivity contribution in [3.63, 3.8) is 0 Å². The van der Waals surface area contributed by atoms with Crippen molar-refractivity contribution >= 4 is 17.5 Å². The maximum Gasteiger partial charge on any atom is 0.227 e. The smallest absolute Gasteiger partial charge is 0.227 e. The monoisotopic (exact) mass is 338 g/mol. The summed E-state index contributed by atoms with van der Waals surface area (Å²) >= 11 is 0. The minimum absolute atomic E-state index is 0.0368. The van der Waals surface area contributed by atoms with Gasteiger partial charge in [-0.05, 0) is 68.4 Å². The number of rotatable bonds is 3. The lowest BCUT2D eigenvalue weighted by atomic mass is 9.53. The van der Waals surface area contributed by atoms with Gasteiger partial charge in [0.25, 0.3) is 0 Å². The number of hydrogen-bond acceptors (Lipinski definition) is 2. The summed E-state index contributed by atoms with van der Waals surface area (Å²) in [7, 11) is 0. The maximum absolute atomic E-state index is 13.0. The van der Waals surface area contributed by atoms with Crippen LogP contribution in [-0.4, -0.2) is 23.9 Å². The molecule has 1 atom stereocenters. The second-order valence-electron chi connectivity index (χ2n) is 8.93. The molecule has 0 spiro atoms. The van der Waals surface area contributed by atoms with Crippen molar-refractivity contribution in [1.82, 2.24) is 5.32 Å². The van der Waals surface area contributed by atoms with Gasteiger partial charge in [0.05, 0.1) is 5.92 Å². The van der Waals surface area contributed by atoms with Crippen molar-refractivity contribution in [1.29, 1.82) is 0 Å². The fraction of sp³-hybridized carbons (Fsp3) is 0.619. The van der Waals surface area contributed by atoms with Crippen molar-refractivity contribution in [3.05, 3.63) is 30.3 Å². The number of carbonyl (C=O) groups is 2. The van der Waals surface area contributed by atoms with Crippen LogP contribution in [0, 0.1) is 23.7 Å². The van der Waals surface area contributed by atoms with E-state index >= 15 is 0 Å². The lowest BCUT2D eigenvalue weighted by Gasteiger charge is -2.57. The lowest BCUT2D eigenvalue weighted by molar-refractivity contribution is -0.131. The number of hydrogen-bond donors (Lipinski definition) is 1. The number of amides is 2. The highest BCUT2D eigenvalue weighted by Gasteiger charge is 2.52. The van der Waals surface area contributed by atoms with Crippen molar-refractivity contribution in [2.75, 3.05) is 11.4 Å². The summed E-state index contributed by atoms with van der Waals surface area (Å²) in [5, 5.41) is 3.44. The van der Waals surface area contributed by atoms with Gasteiger partial charge in [-0.2, -0.15) is 0 Å². The first-order valence-corrected chi connectivity index (χ1v) is 9.78. The Morgan fingerprint density at radius 2 is 1.60 bits per heavy atom. The van der Waals surface area contributed by atoms with Crippen LogP contribution < -0.4 is 10.2 Å². The van der Waals surface area contributed by atoms with E-state index < -0.39 is 0 Å². The van der Waals surface area contributed by atoms with Gasteiger partial charge in [0.15, 0.2) is 0 Å². The Balaban J connectivity index is 1.29. The molecule has 4 bridgehead atoms. The van der Waals surface area contributed by atoms with Crippen LogP contribution in [0.4, 0.5) is 5.69 Å². The van der Waals surface area contributed by atoms with Gasteiger partial charge in [-0.25, -0.2) is 0 Å². The van der Waals surface area contributed by atoms with Crippen LogP contribution in [0.5, 0.6) is 0 Å². The molecule has 25 heavy (non-hydrogen) atoms. The third kappa shape index (κ3) is 2.66. The summed E-state index contributed by atoms with van der Waals surface area (Å²) < 4.78 is 0. The Labute approximate surface area is 149 Å². The van der Waals surface area contributed by atoms with E-state index in [9.17, 15) is 9.59 Å². The van der Waals surface area contributed by atoms with E-state index in [1.807, 2.05) is 30.3 Å². The maximum atomic E-state index is 13.0. The second-order valence-corrected chi connectivity index (χ2v) is 8.93. The molecule has 0 unspecified atom stereocenters. The molecule has 1 saturated heterocycles. The van der Waals surface area contributed by atoms with E-state index in [0.717, 1.165) is 42.7 Å². The van der Waals surface area contributed by atoms with Crippen LogP contribution >= 0.6 is 0 Å². The van der Waals surface area contributed by atoms with Gasteiger partial charge in [-0.15, -0.1) is 0 Å². The molecule has 1 N–H and O–H groups in total. The zero-order chi connectivity index (χ0) is 17.0. The lowest BCUT2D eigenvalue weighted by Crippen LogP contribution is -2.60. The standard InChI is InChI=1S/C21H26N2O2/c24-19-9-17(13-23(19)18-4-2-1-3-5-18)20(25)22-21-10-14-6-15(11-21)8-16(7-14)12-21/h1-5,14-17H,6-13H2,(H,22,25)/t14?,15?,16?,17-,21?/m0/s1. The SMILES string of the molecule is O=C(NC12CC3CC(CC(C3)C1)C2)[C@H]1CC(=O)N(c2ccccc2)C1. The molecule has 0 radical (unpaired) electrons. The van der Waals surface area contributed by atoms with Gasteiger partial charge in [0.2, 0.25) is 11.8 Å². The normalized spacial score (nSPS) is 39.0. The Kier molecular flexibility index (Phi) is 3.44. The Hall–Kier alpha value is -1.84. The molecule has 4 saturated carbocycles. The summed E-state index contributed by atoms with van der Waals surface area (Å²) in [6.45, 7) is 0.515. The third-order valence-electron chi connectivity index (χ3n) is 6.99. The van der Waals surface area contributed by atoms with Gasteiger partial charge in [0.1, 0.15) is 0 Å². The molecular weight excluding hydrogens is 312 g/mol. The summed E-state index contributed by atoms with van der Waals surface area (Å²) in [6, 6.07) is 9.70. The third-order valence-corrected chi connectivity index (χ3v) is 6.99. The number of anilines is 1. The molecule has 4 heteroatoms. The molecule has 1 aromatic carbocycles. The summed E-state index contributed by atoms with van der Waals surface area (Å²) in [5.74, 6) is 2.42. The Morgan fingerprint density at radius 1 is 1.00 bits per heavy atom. The molecule has 4 aliphatic carbocycles. The largest absolute Gasteiger partial charge is 0.350 e. The first-order chi connectivity index (χ1) is 12.1. The average Bonchev–Trinajstić information content (AvgIpc) is 2.96. The van der Waals surface area contributed by atoms with E-state index in [1.54, 1.807) is 4.90 Å². The van der Waals surface area contributed by atoms with Crippen molar-refractivity contribution in [2.45, 2.75) is 50.5 Å². The molecule has 5 fully saturated rings. The second kappa shape index (κ2) is 5.58. The van der Waals surface area contributed by atoms with E-state index in [2.05, 4.69) is 5.32 Å². The number of nitrogens with zero attached hydrogens (tertiary/aromatic N) is 1. The van der Waals surface area contributed by atoms with Gasteiger partial charge in [-0.3, -0.25) is 9.59 Å². The highest BCUT2D eigenvalue weighted by molar-refractivity contribution is 6.00. The van der Waals surface area contributed by atoms with E-state index in [-0.39, 0.29) is 23.3 Å². The fourth-order valence-corrected chi connectivity index (χ4v) is 6.37. The predicted molar refractivity (Wildman–Crippen MR) is 95.9 cm³/mol. The molecule has 5 aliphatic rings. The average molecular weight is 338 g/mol. The predicted octanol–water partition coefficient (Wildman–Crippen LogP) is 3.12. The molecule has 2 amide bonds. The number of carbonyl (C=O) groups excluding carboxylic acids is 2. The van der Waals surface area contributed by atoms with Gasteiger partial charge < -0.3 is 10.2 Å². The quantitative estimate of drug-likeness (QED) is 0.920. The van der Waals surface area contributed by atoms with Crippen LogP contribution in [0.25, 0.3) is 0 Å². The number of benzene rings is 1. The van der Waals surface area contributed by atoms with Gasteiger partial charge in [0, 0.05) is 24.2 Å². The van der Waals surface area contributed by atoms with Crippen LogP contribution in [-0.2, 0) is 9.59 Å².